The first-order valence-electron chi connectivity index (χ1n) is 6.13. The van der Waals surface area contributed by atoms with Crippen LogP contribution < -0.4 is 5.73 Å². The second-order valence-electron chi connectivity index (χ2n) is 5.41. The summed E-state index contributed by atoms with van der Waals surface area (Å²) in [6.07, 6.45) is -0.178. The van der Waals surface area contributed by atoms with Crippen LogP contribution in [0.1, 0.15) is 46.0 Å². The van der Waals surface area contributed by atoms with E-state index < -0.39 is 12.2 Å². The van der Waals surface area contributed by atoms with Crippen LogP contribution in [0.4, 0.5) is 13.2 Å². The first-order valence-corrected chi connectivity index (χ1v) is 6.13. The van der Waals surface area contributed by atoms with Crippen molar-refractivity contribution in [2.75, 3.05) is 0 Å². The Morgan fingerprint density at radius 3 is 2.00 bits per heavy atom. The van der Waals surface area contributed by atoms with Crippen LogP contribution in [0.25, 0.3) is 0 Å². The zero-order valence-corrected chi connectivity index (χ0v) is 10.1. The van der Waals surface area contributed by atoms with E-state index in [0.29, 0.717) is 11.8 Å². The van der Waals surface area contributed by atoms with Crippen LogP contribution in [0.15, 0.2) is 0 Å². The fourth-order valence-corrected chi connectivity index (χ4v) is 2.58. The summed E-state index contributed by atoms with van der Waals surface area (Å²) in [5, 5.41) is 0. The number of halogens is 3. The maximum absolute atomic E-state index is 12.3. The fourth-order valence-electron chi connectivity index (χ4n) is 2.58. The molecule has 0 aromatic carbocycles. The normalized spacial score (nSPS) is 29.4. The van der Waals surface area contributed by atoms with Gasteiger partial charge in [-0.3, -0.25) is 0 Å². The maximum Gasteiger partial charge on any atom is 0.403 e. The van der Waals surface area contributed by atoms with Crippen molar-refractivity contribution in [1.82, 2.24) is 0 Å². The highest BCUT2D eigenvalue weighted by Gasteiger charge is 2.38. The van der Waals surface area contributed by atoms with Crippen molar-refractivity contribution in [1.29, 1.82) is 0 Å². The molecule has 0 aliphatic heterocycles. The van der Waals surface area contributed by atoms with Gasteiger partial charge in [-0.25, -0.2) is 0 Å². The Hall–Kier alpha value is -0.250. The fraction of sp³-hybridized carbons (Fsp3) is 1.00. The van der Waals surface area contributed by atoms with Gasteiger partial charge in [0.1, 0.15) is 6.04 Å². The number of nitrogens with two attached hydrogens (primary N) is 1. The molecule has 0 spiro atoms. The summed E-state index contributed by atoms with van der Waals surface area (Å²) in [6.45, 7) is 4.37. The Morgan fingerprint density at radius 2 is 1.62 bits per heavy atom. The summed E-state index contributed by atoms with van der Waals surface area (Å²) >= 11 is 0. The zero-order valence-electron chi connectivity index (χ0n) is 10.1. The molecule has 1 rings (SSSR count). The van der Waals surface area contributed by atoms with Crippen LogP contribution >= 0.6 is 0 Å². The van der Waals surface area contributed by atoms with Gasteiger partial charge in [-0.1, -0.05) is 26.7 Å². The van der Waals surface area contributed by atoms with E-state index in [2.05, 4.69) is 13.8 Å². The zero-order chi connectivity index (χ0) is 12.3. The lowest BCUT2D eigenvalue weighted by molar-refractivity contribution is -0.152. The SMILES string of the molecule is CC(C)C1CCC(CC(N)C(F)(F)F)CC1. The van der Waals surface area contributed by atoms with E-state index in [4.69, 9.17) is 5.73 Å². The van der Waals surface area contributed by atoms with Crippen molar-refractivity contribution < 1.29 is 13.2 Å². The van der Waals surface area contributed by atoms with Gasteiger partial charge in [-0.2, -0.15) is 13.2 Å². The topological polar surface area (TPSA) is 26.0 Å². The number of alkyl halides is 3. The molecule has 1 nitrogen and oxygen atoms in total. The van der Waals surface area contributed by atoms with Gasteiger partial charge in [-0.15, -0.1) is 0 Å². The second kappa shape index (κ2) is 5.39. The lowest BCUT2D eigenvalue weighted by Crippen LogP contribution is -2.39. The van der Waals surface area contributed by atoms with Gasteiger partial charge in [0.05, 0.1) is 0 Å². The largest absolute Gasteiger partial charge is 0.403 e. The molecular weight excluding hydrogens is 215 g/mol. The van der Waals surface area contributed by atoms with Gasteiger partial charge < -0.3 is 5.73 Å². The molecule has 0 saturated heterocycles. The molecule has 1 saturated carbocycles. The average molecular weight is 237 g/mol. The molecule has 4 heteroatoms. The van der Waals surface area contributed by atoms with Crippen LogP contribution in [-0.2, 0) is 0 Å². The molecule has 0 bridgehead atoms. The highest BCUT2D eigenvalue weighted by molar-refractivity contribution is 4.80. The molecule has 0 aromatic heterocycles. The Labute approximate surface area is 95.6 Å². The second-order valence-corrected chi connectivity index (χ2v) is 5.41. The van der Waals surface area contributed by atoms with Crippen molar-refractivity contribution in [3.63, 3.8) is 0 Å². The summed E-state index contributed by atoms with van der Waals surface area (Å²) in [6, 6.07) is -1.63. The van der Waals surface area contributed by atoms with Gasteiger partial charge in [0.15, 0.2) is 0 Å². The van der Waals surface area contributed by atoms with Crippen LogP contribution in [0.2, 0.25) is 0 Å². The summed E-state index contributed by atoms with van der Waals surface area (Å²) in [7, 11) is 0. The predicted octanol–water partition coefficient (Wildman–Crippen LogP) is 3.73. The Morgan fingerprint density at radius 1 is 1.12 bits per heavy atom. The lowest BCUT2D eigenvalue weighted by atomic mass is 9.75. The smallest absolute Gasteiger partial charge is 0.320 e. The Kier molecular flexibility index (Phi) is 4.65. The van der Waals surface area contributed by atoms with Gasteiger partial charge in [0, 0.05) is 0 Å². The third-order valence-corrected chi connectivity index (χ3v) is 3.84. The molecule has 1 fully saturated rings. The highest BCUT2D eigenvalue weighted by Crippen LogP contribution is 2.36. The highest BCUT2D eigenvalue weighted by atomic mass is 19.4. The van der Waals surface area contributed by atoms with Gasteiger partial charge in [0.2, 0.25) is 0 Å². The quantitative estimate of drug-likeness (QED) is 0.795. The van der Waals surface area contributed by atoms with Gasteiger partial charge >= 0.3 is 6.18 Å². The molecule has 16 heavy (non-hydrogen) atoms. The van der Waals surface area contributed by atoms with Crippen LogP contribution in [0.5, 0.6) is 0 Å². The third kappa shape index (κ3) is 3.96. The summed E-state index contributed by atoms with van der Waals surface area (Å²) < 4.78 is 36.9. The number of hydrogen-bond donors (Lipinski definition) is 1. The molecule has 0 amide bonds. The van der Waals surface area contributed by atoms with Crippen molar-refractivity contribution in [3.05, 3.63) is 0 Å². The number of rotatable bonds is 3. The van der Waals surface area contributed by atoms with Crippen LogP contribution in [0, 0.1) is 17.8 Å². The van der Waals surface area contributed by atoms with Crippen molar-refractivity contribution in [2.45, 2.75) is 58.2 Å². The first-order chi connectivity index (χ1) is 7.30. The Balaban J connectivity index is 2.32. The standard InChI is InChI=1S/C12H22F3N/c1-8(2)10-5-3-9(4-6-10)7-11(16)12(13,14)15/h8-11H,3-7,16H2,1-2H3. The molecule has 0 aromatic rings. The first kappa shape index (κ1) is 13.8. The maximum atomic E-state index is 12.3. The minimum Gasteiger partial charge on any atom is -0.320 e. The van der Waals surface area contributed by atoms with Gasteiger partial charge in [0.25, 0.3) is 0 Å². The lowest BCUT2D eigenvalue weighted by Gasteiger charge is -2.32. The molecule has 1 atom stereocenters. The molecule has 1 aliphatic rings. The van der Waals surface area contributed by atoms with E-state index in [1.807, 2.05) is 0 Å². The average Bonchev–Trinajstić information content (AvgIpc) is 2.17. The Bertz CT molecular complexity index is 205. The monoisotopic (exact) mass is 237 g/mol. The minimum atomic E-state index is -4.23. The molecule has 2 N–H and O–H groups in total. The molecule has 0 radical (unpaired) electrons. The molecule has 96 valence electrons. The van der Waals surface area contributed by atoms with E-state index in [-0.39, 0.29) is 12.3 Å². The summed E-state index contributed by atoms with van der Waals surface area (Å²) in [4.78, 5) is 0. The molecule has 1 unspecified atom stereocenters. The molecular formula is C12H22F3N. The molecule has 1 aliphatic carbocycles. The molecule has 0 heterocycles. The van der Waals surface area contributed by atoms with E-state index in [1.165, 1.54) is 0 Å². The third-order valence-electron chi connectivity index (χ3n) is 3.84. The number of hydrogen-bond acceptors (Lipinski definition) is 1. The van der Waals surface area contributed by atoms with Crippen molar-refractivity contribution in [2.24, 2.45) is 23.5 Å². The van der Waals surface area contributed by atoms with E-state index >= 15 is 0 Å². The van der Waals surface area contributed by atoms with E-state index in [0.717, 1.165) is 25.7 Å². The minimum absolute atomic E-state index is 0.105. The van der Waals surface area contributed by atoms with Crippen molar-refractivity contribution in [3.8, 4) is 0 Å². The van der Waals surface area contributed by atoms with Gasteiger partial charge in [-0.05, 0) is 37.0 Å². The van der Waals surface area contributed by atoms with E-state index in [1.54, 1.807) is 0 Å². The van der Waals surface area contributed by atoms with Crippen molar-refractivity contribution >= 4 is 0 Å². The van der Waals surface area contributed by atoms with E-state index in [9.17, 15) is 13.2 Å². The van der Waals surface area contributed by atoms with Crippen LogP contribution in [-0.4, -0.2) is 12.2 Å². The van der Waals surface area contributed by atoms with Crippen LogP contribution in [0.3, 0.4) is 0 Å². The summed E-state index contributed by atoms with van der Waals surface area (Å²) in [5.74, 6) is 1.52. The summed E-state index contributed by atoms with van der Waals surface area (Å²) in [5.41, 5.74) is 5.15. The predicted molar refractivity (Wildman–Crippen MR) is 58.9 cm³/mol.